The van der Waals surface area contributed by atoms with Gasteiger partial charge in [-0.2, -0.15) is 4.31 Å². The molecule has 0 spiro atoms. The molecule has 1 amide bonds. The number of carboxylic acid groups (broad SMARTS) is 1. The van der Waals surface area contributed by atoms with E-state index in [1.165, 1.54) is 0 Å². The lowest BCUT2D eigenvalue weighted by atomic mass is 11.1. The Morgan fingerprint density at radius 3 is 2.67 bits per heavy atom. The van der Waals surface area contributed by atoms with Gasteiger partial charge in [-0.25, -0.2) is 4.79 Å². The second-order valence-electron chi connectivity index (χ2n) is 1.07. The Labute approximate surface area is 63.5 Å². The summed E-state index contributed by atoms with van der Waals surface area (Å²) in [4.78, 5) is 10.1. The highest BCUT2D eigenvalue weighted by molar-refractivity contribution is 7.98. The van der Waals surface area contributed by atoms with Gasteiger partial charge in [-0.3, -0.25) is 5.14 Å². The molecule has 52 valence electrons. The summed E-state index contributed by atoms with van der Waals surface area (Å²) in [5, 5.41) is 13.3. The Kier molecular flexibility index (Phi) is 4.99. The summed E-state index contributed by atoms with van der Waals surface area (Å²) in [5.74, 6) is 0. The average Bonchev–Trinajstić information content (AvgIpc) is 1.82. The topological polar surface area (TPSA) is 66.6 Å². The van der Waals surface area contributed by atoms with Gasteiger partial charge in [0.05, 0.1) is 0 Å². The van der Waals surface area contributed by atoms with Crippen LogP contribution < -0.4 is 5.14 Å². The van der Waals surface area contributed by atoms with Crippen LogP contribution in [0, 0.1) is 0 Å². The van der Waals surface area contributed by atoms with Gasteiger partial charge in [0, 0.05) is 12.1 Å². The number of carbonyl (C=O) groups is 1. The van der Waals surface area contributed by atoms with Crippen molar-refractivity contribution in [1.29, 1.82) is 0 Å². The molecule has 7 heteroatoms. The van der Waals surface area contributed by atoms with Crippen LogP contribution in [-0.2, 0) is 11.8 Å². The maximum absolute atomic E-state index is 10.1. The molecule has 0 aliphatic heterocycles. The molecule has 0 aliphatic carbocycles. The fourth-order valence-electron chi connectivity index (χ4n) is 0.209. The van der Waals surface area contributed by atoms with Gasteiger partial charge in [-0.1, -0.05) is 0 Å². The molecule has 0 fully saturated rings. The summed E-state index contributed by atoms with van der Waals surface area (Å²) in [6.07, 6.45) is -0.717. The van der Waals surface area contributed by atoms with E-state index in [1.807, 2.05) is 0 Å². The molecule has 0 heterocycles. The average molecular weight is 185 g/mol. The molecule has 4 nitrogen and oxygen atoms in total. The monoisotopic (exact) mass is 185 g/mol. The predicted octanol–water partition coefficient (Wildman–Crippen LogP) is 0.586. The van der Waals surface area contributed by atoms with Crippen LogP contribution in [0.25, 0.3) is 0 Å². The molecule has 0 aromatic carbocycles. The smallest absolute Gasteiger partial charge is 0.421 e. The van der Waals surface area contributed by atoms with Gasteiger partial charge < -0.3 is 5.11 Å². The molecule has 9 heavy (non-hydrogen) atoms. The van der Waals surface area contributed by atoms with E-state index in [-0.39, 0.29) is 7.36 Å². The third-order valence-corrected chi connectivity index (χ3v) is 2.15. The van der Waals surface area contributed by atoms with E-state index >= 15 is 0 Å². The van der Waals surface area contributed by atoms with Gasteiger partial charge in [0.15, 0.2) is 19.2 Å². The van der Waals surface area contributed by atoms with Crippen molar-refractivity contribution in [3.05, 3.63) is 0 Å². The summed E-state index contributed by atoms with van der Waals surface area (Å²) in [6.45, 7) is 0. The van der Waals surface area contributed by atoms with Gasteiger partial charge in [0.1, 0.15) is 0 Å². The molecular weight excluding hydrogens is 179 g/mol. The quantitative estimate of drug-likeness (QED) is 0.497. The van der Waals surface area contributed by atoms with Crippen LogP contribution in [-0.4, -0.2) is 21.8 Å². The van der Waals surface area contributed by atoms with Crippen molar-refractivity contribution < 1.29 is 9.90 Å². The van der Waals surface area contributed by atoms with Crippen LogP contribution in [0.15, 0.2) is 0 Å². The van der Waals surface area contributed by atoms with Crippen LogP contribution in [0.2, 0.25) is 0 Å². The van der Waals surface area contributed by atoms with Crippen molar-refractivity contribution in [2.24, 2.45) is 5.14 Å². The first-order valence-corrected chi connectivity index (χ1v) is 5.12. The normalized spacial score (nSPS) is 9.44. The van der Waals surface area contributed by atoms with E-state index in [0.717, 1.165) is 4.31 Å². The SMILES string of the molecule is NSN(C[PH+]=S)C(=O)O. The Balaban J connectivity index is 3.67. The first-order chi connectivity index (χ1) is 4.22. The molecule has 0 bridgehead atoms. The minimum atomic E-state index is -1.04. The van der Waals surface area contributed by atoms with Crippen LogP contribution in [0.4, 0.5) is 4.79 Å². The Bertz CT molecular complexity index is 121. The van der Waals surface area contributed by atoms with Gasteiger partial charge >= 0.3 is 6.09 Å². The lowest BCUT2D eigenvalue weighted by Crippen LogP contribution is -2.22. The standard InChI is InChI=1S/C2H5N2O2PS2/c3-9-4(1-7-8)2(5)6/h1,3H2,(H,5,6)/p+1. The van der Waals surface area contributed by atoms with Crippen LogP contribution in [0.3, 0.4) is 0 Å². The minimum absolute atomic E-state index is 0.165. The van der Waals surface area contributed by atoms with E-state index in [1.54, 1.807) is 0 Å². The zero-order valence-corrected chi connectivity index (χ0v) is 7.04. The first kappa shape index (κ1) is 9.10. The largest absolute Gasteiger partial charge is 0.464 e. The Hall–Kier alpha value is 0.100. The van der Waals surface area contributed by atoms with Crippen molar-refractivity contribution in [3.63, 3.8) is 0 Å². The first-order valence-electron chi connectivity index (χ1n) is 1.94. The molecule has 0 radical (unpaired) electrons. The van der Waals surface area contributed by atoms with Crippen molar-refractivity contribution in [3.8, 4) is 0 Å². The maximum Gasteiger partial charge on any atom is 0.421 e. The molecule has 0 saturated carbocycles. The van der Waals surface area contributed by atoms with E-state index in [9.17, 15) is 4.79 Å². The van der Waals surface area contributed by atoms with Crippen LogP contribution in [0.1, 0.15) is 0 Å². The lowest BCUT2D eigenvalue weighted by molar-refractivity contribution is 0.179. The van der Waals surface area contributed by atoms with Crippen molar-refractivity contribution in [1.82, 2.24) is 4.31 Å². The number of rotatable bonds is 3. The molecule has 0 aliphatic rings. The molecule has 0 saturated heterocycles. The predicted molar refractivity (Wildman–Crippen MR) is 42.2 cm³/mol. The van der Waals surface area contributed by atoms with Gasteiger partial charge in [0.25, 0.3) is 0 Å². The molecule has 0 rings (SSSR count). The number of hydrogen-bond donors (Lipinski definition) is 2. The Morgan fingerprint density at radius 2 is 2.56 bits per heavy atom. The molecule has 0 aromatic heterocycles. The number of hydrogen-bond acceptors (Lipinski definition) is 4. The molecule has 3 N–H and O–H groups in total. The Morgan fingerprint density at radius 1 is 2.00 bits per heavy atom. The molecular formula is C2H6N2O2PS2+. The second kappa shape index (κ2) is 4.93. The van der Waals surface area contributed by atoms with Gasteiger partial charge in [-0.05, 0) is 0 Å². The molecule has 0 aromatic rings. The maximum atomic E-state index is 10.1. The third-order valence-electron chi connectivity index (χ3n) is 0.549. The van der Waals surface area contributed by atoms with E-state index in [0.29, 0.717) is 18.4 Å². The highest BCUT2D eigenvalue weighted by Gasteiger charge is 2.11. The third kappa shape index (κ3) is 3.64. The van der Waals surface area contributed by atoms with E-state index < -0.39 is 6.09 Å². The van der Waals surface area contributed by atoms with Crippen molar-refractivity contribution in [2.75, 3.05) is 6.29 Å². The highest BCUT2D eigenvalue weighted by atomic mass is 32.4. The zero-order chi connectivity index (χ0) is 7.28. The number of nitrogens with zero attached hydrogens (tertiary/aromatic N) is 1. The summed E-state index contributed by atoms with van der Waals surface area (Å²) in [6, 6.07) is 0. The highest BCUT2D eigenvalue weighted by Crippen LogP contribution is 2.06. The van der Waals surface area contributed by atoms with Crippen molar-refractivity contribution >= 4 is 37.4 Å². The summed E-state index contributed by atoms with van der Waals surface area (Å²) < 4.78 is 0.992. The molecule has 1 unspecified atom stereocenters. The number of nitrogens with two attached hydrogens (primary N) is 1. The fourth-order valence-corrected chi connectivity index (χ4v) is 1.68. The van der Waals surface area contributed by atoms with Crippen molar-refractivity contribution in [2.45, 2.75) is 0 Å². The fraction of sp³-hybridized carbons (Fsp3) is 0.500. The zero-order valence-electron chi connectivity index (χ0n) is 4.40. The number of amides is 1. The summed E-state index contributed by atoms with van der Waals surface area (Å²) in [7, 11) is 0.165. The second-order valence-corrected chi connectivity index (χ2v) is 3.19. The van der Waals surface area contributed by atoms with Crippen LogP contribution >= 0.6 is 19.5 Å². The minimum Gasteiger partial charge on any atom is -0.464 e. The van der Waals surface area contributed by atoms with Gasteiger partial charge in [0.2, 0.25) is 6.29 Å². The summed E-state index contributed by atoms with van der Waals surface area (Å²) in [5.41, 5.74) is 0. The lowest BCUT2D eigenvalue weighted by Gasteiger charge is -2.05. The molecule has 1 atom stereocenters. The van der Waals surface area contributed by atoms with E-state index in [2.05, 4.69) is 11.8 Å². The van der Waals surface area contributed by atoms with Crippen LogP contribution in [0.5, 0.6) is 0 Å². The summed E-state index contributed by atoms with van der Waals surface area (Å²) >= 11 is 5.24. The van der Waals surface area contributed by atoms with Gasteiger partial charge in [-0.15, -0.1) is 0 Å². The van der Waals surface area contributed by atoms with E-state index in [4.69, 9.17) is 10.2 Å².